The fourth-order valence-electron chi connectivity index (χ4n) is 5.58. The predicted molar refractivity (Wildman–Crippen MR) is 187 cm³/mol. The number of carbonyl (C=O) groups is 2. The van der Waals surface area contributed by atoms with Crippen LogP contribution in [-0.2, 0) is 17.5 Å². The van der Waals surface area contributed by atoms with Crippen molar-refractivity contribution in [2.75, 3.05) is 45.8 Å². The number of halogens is 3. The minimum Gasteiger partial charge on any atom is -0.493 e. The molecule has 2 aliphatic heterocycles. The van der Waals surface area contributed by atoms with Gasteiger partial charge in [-0.1, -0.05) is 17.9 Å². The van der Waals surface area contributed by atoms with E-state index in [-0.39, 0.29) is 6.03 Å². The summed E-state index contributed by atoms with van der Waals surface area (Å²) >= 11 is 0. The molecule has 12 heteroatoms. The third kappa shape index (κ3) is 9.51. The van der Waals surface area contributed by atoms with E-state index in [1.54, 1.807) is 36.2 Å². The number of hydrogen-bond donors (Lipinski definition) is 0. The molecular weight excluding hydrogens is 661 g/mol. The van der Waals surface area contributed by atoms with Crippen LogP contribution in [-0.4, -0.2) is 67.6 Å². The molecule has 2 aliphatic rings. The van der Waals surface area contributed by atoms with Gasteiger partial charge in [-0.3, -0.25) is 9.69 Å². The molecule has 0 unspecified atom stereocenters. The number of pyridine rings is 1. The van der Waals surface area contributed by atoms with Crippen molar-refractivity contribution in [3.05, 3.63) is 107 Å². The Morgan fingerprint density at radius 2 is 1.51 bits per heavy atom. The molecule has 0 saturated carbocycles. The van der Waals surface area contributed by atoms with Crippen LogP contribution in [0.5, 0.6) is 23.1 Å². The van der Waals surface area contributed by atoms with E-state index in [1.807, 2.05) is 55.3 Å². The van der Waals surface area contributed by atoms with Gasteiger partial charge in [-0.15, -0.1) is 0 Å². The zero-order valence-corrected chi connectivity index (χ0v) is 28.9. The van der Waals surface area contributed by atoms with E-state index >= 15 is 0 Å². The van der Waals surface area contributed by atoms with Crippen LogP contribution in [0.1, 0.15) is 47.1 Å². The van der Waals surface area contributed by atoms with Crippen molar-refractivity contribution in [3.8, 4) is 35.0 Å². The average Bonchev–Trinajstić information content (AvgIpc) is 3.51. The Balaban J connectivity index is 0.000000643. The minimum atomic E-state index is -4.38. The van der Waals surface area contributed by atoms with Crippen molar-refractivity contribution in [1.29, 1.82) is 0 Å². The maximum Gasteiger partial charge on any atom is 0.416 e. The summed E-state index contributed by atoms with van der Waals surface area (Å²) in [6, 6.07) is 19.2. The second-order valence-corrected chi connectivity index (χ2v) is 12.1. The Kier molecular flexibility index (Phi) is 11.7. The number of alkyl halides is 3. The van der Waals surface area contributed by atoms with E-state index in [1.165, 1.54) is 18.3 Å². The summed E-state index contributed by atoms with van der Waals surface area (Å²) in [4.78, 5) is 33.6. The molecule has 3 heterocycles. The van der Waals surface area contributed by atoms with Crippen molar-refractivity contribution in [2.24, 2.45) is 0 Å². The van der Waals surface area contributed by atoms with Gasteiger partial charge in [-0.25, -0.2) is 9.78 Å². The van der Waals surface area contributed by atoms with Crippen LogP contribution in [0.15, 0.2) is 79.0 Å². The van der Waals surface area contributed by atoms with Crippen LogP contribution >= 0.6 is 0 Å². The highest BCUT2D eigenvalue weighted by Crippen LogP contribution is 2.32. The Morgan fingerprint density at radius 1 is 0.804 bits per heavy atom. The maximum absolute atomic E-state index is 13.4. The summed E-state index contributed by atoms with van der Waals surface area (Å²) < 4.78 is 55.0. The average molecular weight is 701 g/mol. The summed E-state index contributed by atoms with van der Waals surface area (Å²) in [6.45, 7) is 4.57. The molecule has 9 nitrogen and oxygen atoms in total. The summed E-state index contributed by atoms with van der Waals surface area (Å²) in [5.74, 6) is 8.23. The summed E-state index contributed by atoms with van der Waals surface area (Å²) in [5, 5.41) is 0. The Bertz CT molecular complexity index is 1900. The van der Waals surface area contributed by atoms with Gasteiger partial charge in [0.15, 0.2) is 11.5 Å². The Hall–Kier alpha value is -5.70. The highest BCUT2D eigenvalue weighted by molar-refractivity contribution is 5.93. The lowest BCUT2D eigenvalue weighted by atomic mass is 10.1. The van der Waals surface area contributed by atoms with Gasteiger partial charge in [0, 0.05) is 68.7 Å². The normalized spacial score (nSPS) is 14.4. The van der Waals surface area contributed by atoms with Gasteiger partial charge in [0.05, 0.1) is 19.8 Å². The first-order chi connectivity index (χ1) is 24.4. The standard InChI is InChI=1S/C34H30F3N3O4.C5H9NO/c1-23-19-28(40-18-4-17-39(33(40)41)22-26-9-14-30(42-2)31(20-26)43-3)13-15-29(23)44-32-16-10-25(21-38-32)6-5-24-7-11-27(12-8-24)34(35,36)37;1-6-4-2-3-5(6)7/h7-16,19-21H,4,17-18,22H2,1-3H3;2-4H2,1H3. The number of ether oxygens (including phenoxy) is 3. The number of carbonyl (C=O) groups excluding carboxylic acids is 2. The zero-order valence-electron chi connectivity index (χ0n) is 28.9. The van der Waals surface area contributed by atoms with Gasteiger partial charge in [-0.05, 0) is 91.6 Å². The number of benzene rings is 3. The molecule has 4 aromatic rings. The van der Waals surface area contributed by atoms with Crippen molar-refractivity contribution < 1.29 is 37.0 Å². The van der Waals surface area contributed by atoms with Crippen LogP contribution in [0.2, 0.25) is 0 Å². The van der Waals surface area contributed by atoms with E-state index in [4.69, 9.17) is 14.2 Å². The van der Waals surface area contributed by atoms with Crippen molar-refractivity contribution >= 4 is 17.6 Å². The molecule has 6 rings (SSSR count). The molecule has 3 aromatic carbocycles. The molecule has 0 N–H and O–H groups in total. The second kappa shape index (κ2) is 16.3. The number of nitrogens with zero attached hydrogens (tertiary/aromatic N) is 4. The highest BCUT2D eigenvalue weighted by Gasteiger charge is 2.30. The first-order valence-electron chi connectivity index (χ1n) is 16.4. The number of aryl methyl sites for hydroxylation is 1. The lowest BCUT2D eigenvalue weighted by Gasteiger charge is -2.36. The van der Waals surface area contributed by atoms with Gasteiger partial charge in [0.25, 0.3) is 0 Å². The molecule has 0 atom stereocenters. The minimum absolute atomic E-state index is 0.0752. The maximum atomic E-state index is 13.4. The van der Waals surface area contributed by atoms with Crippen LogP contribution in [0.25, 0.3) is 0 Å². The monoisotopic (exact) mass is 700 g/mol. The number of rotatable bonds is 7. The first-order valence-corrected chi connectivity index (χ1v) is 16.4. The second-order valence-electron chi connectivity index (χ2n) is 12.1. The lowest BCUT2D eigenvalue weighted by Crippen LogP contribution is -2.49. The molecule has 2 fully saturated rings. The van der Waals surface area contributed by atoms with Gasteiger partial charge >= 0.3 is 12.2 Å². The fourth-order valence-corrected chi connectivity index (χ4v) is 5.58. The van der Waals surface area contributed by atoms with Gasteiger partial charge in [-0.2, -0.15) is 13.2 Å². The molecule has 266 valence electrons. The Morgan fingerprint density at radius 3 is 2.10 bits per heavy atom. The quantitative estimate of drug-likeness (QED) is 0.184. The molecule has 1 aromatic heterocycles. The van der Waals surface area contributed by atoms with Crippen molar-refractivity contribution in [1.82, 2.24) is 14.8 Å². The van der Waals surface area contributed by atoms with E-state index in [9.17, 15) is 22.8 Å². The number of amides is 3. The third-order valence-electron chi connectivity index (χ3n) is 8.43. The first kappa shape index (κ1) is 36.6. The summed E-state index contributed by atoms with van der Waals surface area (Å²) in [7, 11) is 5.01. The predicted octanol–water partition coefficient (Wildman–Crippen LogP) is 7.69. The molecular formula is C39H39F3N4O5. The third-order valence-corrected chi connectivity index (χ3v) is 8.43. The topological polar surface area (TPSA) is 84.4 Å². The van der Waals surface area contributed by atoms with E-state index in [0.29, 0.717) is 59.8 Å². The van der Waals surface area contributed by atoms with Gasteiger partial charge in [0.1, 0.15) is 5.75 Å². The Labute approximate surface area is 295 Å². The van der Waals surface area contributed by atoms with Crippen molar-refractivity contribution in [2.45, 2.75) is 38.9 Å². The molecule has 0 radical (unpaired) electrons. The lowest BCUT2D eigenvalue weighted by molar-refractivity contribution is -0.137. The number of aromatic nitrogens is 1. The summed E-state index contributed by atoms with van der Waals surface area (Å²) in [5.41, 5.74) is 2.89. The molecule has 0 spiro atoms. The largest absolute Gasteiger partial charge is 0.493 e. The number of anilines is 1. The van der Waals surface area contributed by atoms with Crippen LogP contribution < -0.4 is 19.1 Å². The number of urea groups is 1. The van der Waals surface area contributed by atoms with Crippen LogP contribution in [0, 0.1) is 18.8 Å². The van der Waals surface area contributed by atoms with E-state index in [2.05, 4.69) is 16.8 Å². The number of hydrogen-bond acceptors (Lipinski definition) is 6. The van der Waals surface area contributed by atoms with Crippen molar-refractivity contribution in [3.63, 3.8) is 0 Å². The zero-order chi connectivity index (χ0) is 36.5. The molecule has 3 amide bonds. The van der Waals surface area contributed by atoms with E-state index in [0.717, 1.165) is 54.8 Å². The number of methoxy groups -OCH3 is 2. The molecule has 2 saturated heterocycles. The molecule has 0 aliphatic carbocycles. The van der Waals surface area contributed by atoms with Crippen LogP contribution in [0.4, 0.5) is 23.7 Å². The SMILES string of the molecule is CN1CCCC1=O.COc1ccc(CN2CCCN(c3ccc(Oc4ccc(C#Cc5ccc(C(F)(F)F)cc5)cn4)c(C)c3)C2=O)cc1OC. The fraction of sp³-hybridized carbons (Fsp3) is 0.308. The number of likely N-dealkylation sites (tertiary alicyclic amines) is 1. The van der Waals surface area contributed by atoms with Crippen LogP contribution in [0.3, 0.4) is 0 Å². The van der Waals surface area contributed by atoms with E-state index < -0.39 is 11.7 Å². The van der Waals surface area contributed by atoms with Gasteiger partial charge in [0.2, 0.25) is 11.8 Å². The molecule has 51 heavy (non-hydrogen) atoms. The highest BCUT2D eigenvalue weighted by atomic mass is 19.4. The summed E-state index contributed by atoms with van der Waals surface area (Å²) in [6.07, 6.45) is -0.208. The van der Waals surface area contributed by atoms with Gasteiger partial charge < -0.3 is 24.0 Å². The molecule has 0 bridgehead atoms. The smallest absolute Gasteiger partial charge is 0.416 e.